The molecule has 112 valence electrons. The topological polar surface area (TPSA) is 53.4 Å². The highest BCUT2D eigenvalue weighted by Crippen LogP contribution is 2.23. The number of rotatable bonds is 9. The van der Waals surface area contributed by atoms with E-state index >= 15 is 0 Å². The molecule has 0 aliphatic carbocycles. The first-order valence-electron chi connectivity index (χ1n) is 7.22. The molecule has 0 unspecified atom stereocenters. The third-order valence-corrected chi connectivity index (χ3v) is 3.70. The van der Waals surface area contributed by atoms with Crippen LogP contribution in [0.15, 0.2) is 24.5 Å². The number of aliphatic carboxylic acids is 1. The first kappa shape index (κ1) is 16.6. The minimum absolute atomic E-state index is 0.602. The number of pyridine rings is 1. The van der Waals surface area contributed by atoms with Gasteiger partial charge in [0.2, 0.25) is 0 Å². The quantitative estimate of drug-likeness (QED) is 0.706. The Morgan fingerprint density at radius 2 is 1.90 bits per heavy atom. The fourth-order valence-corrected chi connectivity index (χ4v) is 2.04. The van der Waals surface area contributed by atoms with Gasteiger partial charge in [-0.1, -0.05) is 6.42 Å². The smallest absolute Gasteiger partial charge is 0.309 e. The Kier molecular flexibility index (Phi) is 6.65. The molecule has 0 aromatic carbocycles. The Labute approximate surface area is 121 Å². The molecule has 20 heavy (non-hydrogen) atoms. The zero-order valence-corrected chi connectivity index (χ0v) is 12.8. The molecule has 0 saturated heterocycles. The lowest BCUT2D eigenvalue weighted by Gasteiger charge is -2.20. The van der Waals surface area contributed by atoms with E-state index in [4.69, 9.17) is 5.11 Å². The molecular weight excluding hydrogens is 252 g/mol. The van der Waals surface area contributed by atoms with E-state index in [1.165, 1.54) is 5.56 Å². The van der Waals surface area contributed by atoms with Crippen LogP contribution in [0.5, 0.6) is 0 Å². The van der Waals surface area contributed by atoms with Gasteiger partial charge in [0.25, 0.3) is 0 Å². The van der Waals surface area contributed by atoms with Gasteiger partial charge in [-0.25, -0.2) is 0 Å². The number of carboxylic acids is 1. The van der Waals surface area contributed by atoms with Crippen LogP contribution in [-0.4, -0.2) is 41.1 Å². The first-order valence-corrected chi connectivity index (χ1v) is 7.22. The van der Waals surface area contributed by atoms with E-state index in [-0.39, 0.29) is 0 Å². The van der Waals surface area contributed by atoms with Gasteiger partial charge in [0.1, 0.15) is 0 Å². The van der Waals surface area contributed by atoms with Crippen molar-refractivity contribution in [2.75, 3.05) is 20.1 Å². The summed E-state index contributed by atoms with van der Waals surface area (Å²) >= 11 is 0. The van der Waals surface area contributed by atoms with E-state index < -0.39 is 11.4 Å². The molecule has 1 heterocycles. The van der Waals surface area contributed by atoms with Crippen LogP contribution in [0.2, 0.25) is 0 Å². The summed E-state index contributed by atoms with van der Waals surface area (Å²) in [5, 5.41) is 9.04. The zero-order valence-electron chi connectivity index (χ0n) is 12.8. The van der Waals surface area contributed by atoms with Gasteiger partial charge in [-0.05, 0) is 64.4 Å². The van der Waals surface area contributed by atoms with Crippen LogP contribution in [0.1, 0.15) is 38.7 Å². The number of hydrogen-bond acceptors (Lipinski definition) is 3. The summed E-state index contributed by atoms with van der Waals surface area (Å²) in [6.45, 7) is 5.62. The van der Waals surface area contributed by atoms with E-state index in [9.17, 15) is 4.79 Å². The lowest BCUT2D eigenvalue weighted by atomic mass is 9.87. The van der Waals surface area contributed by atoms with Crippen molar-refractivity contribution >= 4 is 5.97 Å². The third kappa shape index (κ3) is 6.15. The van der Waals surface area contributed by atoms with Gasteiger partial charge >= 0.3 is 5.97 Å². The molecule has 1 aromatic heterocycles. The average Bonchev–Trinajstić information content (AvgIpc) is 2.42. The van der Waals surface area contributed by atoms with Crippen molar-refractivity contribution in [2.24, 2.45) is 5.41 Å². The molecular formula is C16H26N2O2. The highest BCUT2D eigenvalue weighted by molar-refractivity contribution is 5.73. The molecule has 0 atom stereocenters. The summed E-state index contributed by atoms with van der Waals surface area (Å²) in [4.78, 5) is 17.3. The molecule has 0 fully saturated rings. The molecule has 0 amide bonds. The van der Waals surface area contributed by atoms with Crippen LogP contribution in [0, 0.1) is 5.41 Å². The van der Waals surface area contributed by atoms with E-state index in [0.717, 1.165) is 38.8 Å². The van der Waals surface area contributed by atoms with Crippen LogP contribution < -0.4 is 0 Å². The van der Waals surface area contributed by atoms with Crippen molar-refractivity contribution in [3.8, 4) is 0 Å². The molecule has 0 radical (unpaired) electrons. The molecule has 0 spiro atoms. The van der Waals surface area contributed by atoms with E-state index in [1.54, 1.807) is 13.8 Å². The number of hydrogen-bond donors (Lipinski definition) is 1. The van der Waals surface area contributed by atoms with Crippen LogP contribution in [0.3, 0.4) is 0 Å². The molecule has 4 nitrogen and oxygen atoms in total. The summed E-state index contributed by atoms with van der Waals surface area (Å²) in [7, 11) is 2.11. The van der Waals surface area contributed by atoms with Gasteiger partial charge in [0, 0.05) is 18.9 Å². The van der Waals surface area contributed by atoms with E-state index in [0.29, 0.717) is 0 Å². The molecule has 4 heteroatoms. The Hall–Kier alpha value is -1.42. The van der Waals surface area contributed by atoms with Gasteiger partial charge in [0.15, 0.2) is 0 Å². The van der Waals surface area contributed by atoms with Crippen LogP contribution in [-0.2, 0) is 11.2 Å². The maximum absolute atomic E-state index is 11.0. The minimum atomic E-state index is -0.705. The van der Waals surface area contributed by atoms with Crippen molar-refractivity contribution < 1.29 is 9.90 Å². The maximum atomic E-state index is 11.0. The van der Waals surface area contributed by atoms with E-state index in [1.807, 2.05) is 24.5 Å². The lowest BCUT2D eigenvalue weighted by Crippen LogP contribution is -2.25. The average molecular weight is 278 g/mol. The number of aromatic nitrogens is 1. The standard InChI is InChI=1S/C16H26N2O2/c1-16(2,15(19)20)9-4-5-12-18(3)13-8-14-6-10-17-11-7-14/h6-7,10-11H,4-5,8-9,12-13H2,1-3H3,(H,19,20). The van der Waals surface area contributed by atoms with Gasteiger partial charge in [-0.2, -0.15) is 0 Å². The van der Waals surface area contributed by atoms with Crippen molar-refractivity contribution in [1.29, 1.82) is 0 Å². The maximum Gasteiger partial charge on any atom is 0.309 e. The first-order chi connectivity index (χ1) is 9.42. The second-order valence-corrected chi connectivity index (χ2v) is 6.05. The number of nitrogens with zero attached hydrogens (tertiary/aromatic N) is 2. The van der Waals surface area contributed by atoms with E-state index in [2.05, 4.69) is 16.9 Å². The molecule has 1 N–H and O–H groups in total. The second kappa shape index (κ2) is 8.00. The summed E-state index contributed by atoms with van der Waals surface area (Å²) in [5.74, 6) is -0.705. The van der Waals surface area contributed by atoms with Crippen LogP contribution >= 0.6 is 0 Å². The largest absolute Gasteiger partial charge is 0.481 e. The molecule has 0 aliphatic heterocycles. The molecule has 1 aromatic rings. The monoisotopic (exact) mass is 278 g/mol. The summed E-state index contributed by atoms with van der Waals surface area (Å²) in [6.07, 6.45) is 7.41. The molecule has 1 rings (SSSR count). The van der Waals surface area contributed by atoms with Gasteiger partial charge in [0.05, 0.1) is 5.41 Å². The van der Waals surface area contributed by atoms with Crippen molar-refractivity contribution in [3.63, 3.8) is 0 Å². The number of carbonyl (C=O) groups is 1. The highest BCUT2D eigenvalue weighted by Gasteiger charge is 2.25. The van der Waals surface area contributed by atoms with Crippen molar-refractivity contribution in [3.05, 3.63) is 30.1 Å². The Morgan fingerprint density at radius 1 is 1.25 bits per heavy atom. The molecule has 0 bridgehead atoms. The summed E-state index contributed by atoms with van der Waals surface area (Å²) < 4.78 is 0. The Morgan fingerprint density at radius 3 is 2.50 bits per heavy atom. The summed E-state index contributed by atoms with van der Waals surface area (Å²) in [6, 6.07) is 4.09. The van der Waals surface area contributed by atoms with Gasteiger partial charge < -0.3 is 10.0 Å². The summed E-state index contributed by atoms with van der Waals surface area (Å²) in [5.41, 5.74) is 0.703. The SMILES string of the molecule is CN(CCCCC(C)(C)C(=O)O)CCc1ccncc1. The van der Waals surface area contributed by atoms with Gasteiger partial charge in [-0.15, -0.1) is 0 Å². The number of likely N-dealkylation sites (N-methyl/N-ethyl adjacent to an activating group) is 1. The highest BCUT2D eigenvalue weighted by atomic mass is 16.4. The minimum Gasteiger partial charge on any atom is -0.481 e. The predicted octanol–water partition coefficient (Wildman–Crippen LogP) is 2.84. The Bertz CT molecular complexity index is 404. The van der Waals surface area contributed by atoms with Crippen LogP contribution in [0.4, 0.5) is 0 Å². The van der Waals surface area contributed by atoms with Crippen LogP contribution in [0.25, 0.3) is 0 Å². The number of unbranched alkanes of at least 4 members (excludes halogenated alkanes) is 1. The number of carboxylic acid groups (broad SMARTS) is 1. The predicted molar refractivity (Wildman–Crippen MR) is 80.7 cm³/mol. The fraction of sp³-hybridized carbons (Fsp3) is 0.625. The van der Waals surface area contributed by atoms with Crippen molar-refractivity contribution in [2.45, 2.75) is 39.5 Å². The second-order valence-electron chi connectivity index (χ2n) is 6.05. The van der Waals surface area contributed by atoms with Crippen molar-refractivity contribution in [1.82, 2.24) is 9.88 Å². The van der Waals surface area contributed by atoms with Gasteiger partial charge in [-0.3, -0.25) is 9.78 Å². The fourth-order valence-electron chi connectivity index (χ4n) is 2.04. The molecule has 0 aliphatic rings. The normalized spacial score (nSPS) is 11.8. The zero-order chi connectivity index (χ0) is 15.0. The third-order valence-electron chi connectivity index (χ3n) is 3.70. The molecule has 0 saturated carbocycles. The lowest BCUT2D eigenvalue weighted by molar-refractivity contribution is -0.147. The Balaban J connectivity index is 2.15.